The molecule has 1 saturated carbocycles. The smallest absolute Gasteiger partial charge is 0.301 e. The number of non-ortho nitro benzene ring substituents is 1. The maximum atomic E-state index is 11.0. The van der Waals surface area contributed by atoms with Crippen molar-refractivity contribution in [1.82, 2.24) is 0 Å². The average Bonchev–Trinajstić information content (AvgIpc) is 2.49. The Morgan fingerprint density at radius 1 is 1.18 bits per heavy atom. The Hall–Kier alpha value is -2.55. The first kappa shape index (κ1) is 15.8. The maximum absolute atomic E-state index is 11.0. The minimum atomic E-state index is -0.693. The van der Waals surface area contributed by atoms with E-state index in [1.807, 2.05) is 0 Å². The van der Waals surface area contributed by atoms with Crippen LogP contribution in [0, 0.1) is 26.1 Å². The molecule has 1 aliphatic carbocycles. The highest BCUT2D eigenvalue weighted by Crippen LogP contribution is 2.29. The van der Waals surface area contributed by atoms with E-state index in [1.54, 1.807) is 6.21 Å². The first-order chi connectivity index (χ1) is 10.5. The Balaban J connectivity index is 2.06. The summed E-state index contributed by atoms with van der Waals surface area (Å²) in [5, 5.41) is 35.0. The Morgan fingerprint density at radius 3 is 2.45 bits per heavy atom. The number of anilines is 1. The number of rotatable bonds is 5. The van der Waals surface area contributed by atoms with Gasteiger partial charge in [0, 0.05) is 12.3 Å². The predicted molar refractivity (Wildman–Crippen MR) is 79.8 cm³/mol. The lowest BCUT2D eigenvalue weighted by atomic mass is 9.88. The van der Waals surface area contributed by atoms with Gasteiger partial charge in [-0.3, -0.25) is 25.7 Å². The highest BCUT2D eigenvalue weighted by Gasteiger charge is 2.20. The minimum absolute atomic E-state index is 0.0997. The SMILES string of the molecule is O=[N+]([O-])c1ccc(N/N=C/C2CCC(O)CC2)c([N+](=O)[O-])c1. The number of hydrogen-bond acceptors (Lipinski definition) is 7. The van der Waals surface area contributed by atoms with Crippen molar-refractivity contribution in [3.05, 3.63) is 38.4 Å². The lowest BCUT2D eigenvalue weighted by Crippen LogP contribution is -2.19. The second-order valence-corrected chi connectivity index (χ2v) is 5.17. The average molecular weight is 308 g/mol. The van der Waals surface area contributed by atoms with Gasteiger partial charge in [0.2, 0.25) is 0 Å². The van der Waals surface area contributed by atoms with Gasteiger partial charge in [0.25, 0.3) is 5.69 Å². The van der Waals surface area contributed by atoms with E-state index in [2.05, 4.69) is 10.5 Å². The Bertz CT molecular complexity index is 596. The third kappa shape index (κ3) is 3.98. The van der Waals surface area contributed by atoms with E-state index in [0.29, 0.717) is 12.8 Å². The Morgan fingerprint density at radius 2 is 1.86 bits per heavy atom. The van der Waals surface area contributed by atoms with Gasteiger partial charge in [0.1, 0.15) is 5.69 Å². The molecule has 0 spiro atoms. The summed E-state index contributed by atoms with van der Waals surface area (Å²) in [5.74, 6) is 0.216. The molecule has 118 valence electrons. The normalized spacial score (nSPS) is 21.7. The molecule has 9 heteroatoms. The molecule has 1 aromatic carbocycles. The molecule has 22 heavy (non-hydrogen) atoms. The molecular weight excluding hydrogens is 292 g/mol. The number of nitro benzene ring substituents is 2. The molecule has 0 saturated heterocycles. The van der Waals surface area contributed by atoms with Gasteiger partial charge in [-0.2, -0.15) is 5.10 Å². The zero-order valence-corrected chi connectivity index (χ0v) is 11.7. The highest BCUT2D eigenvalue weighted by molar-refractivity contribution is 5.68. The first-order valence-electron chi connectivity index (χ1n) is 6.87. The van der Waals surface area contributed by atoms with E-state index in [9.17, 15) is 25.3 Å². The second kappa shape index (κ2) is 6.94. The van der Waals surface area contributed by atoms with Crippen LogP contribution in [0.2, 0.25) is 0 Å². The zero-order valence-electron chi connectivity index (χ0n) is 11.7. The van der Waals surface area contributed by atoms with Gasteiger partial charge in [-0.25, -0.2) is 0 Å². The van der Waals surface area contributed by atoms with Crippen LogP contribution in [0.25, 0.3) is 0 Å². The van der Waals surface area contributed by atoms with Crippen LogP contribution in [0.1, 0.15) is 25.7 Å². The number of hydrogen-bond donors (Lipinski definition) is 2. The van der Waals surface area contributed by atoms with E-state index in [4.69, 9.17) is 0 Å². The van der Waals surface area contributed by atoms with Crippen molar-refractivity contribution in [2.75, 3.05) is 5.43 Å². The van der Waals surface area contributed by atoms with Crippen molar-refractivity contribution in [1.29, 1.82) is 0 Å². The maximum Gasteiger partial charge on any atom is 0.301 e. The third-order valence-corrected chi connectivity index (χ3v) is 3.60. The van der Waals surface area contributed by atoms with Crippen LogP contribution in [0.4, 0.5) is 17.1 Å². The van der Waals surface area contributed by atoms with Gasteiger partial charge < -0.3 is 5.11 Å². The van der Waals surface area contributed by atoms with Gasteiger partial charge in [-0.15, -0.1) is 0 Å². The molecule has 0 atom stereocenters. The lowest BCUT2D eigenvalue weighted by molar-refractivity contribution is -0.393. The van der Waals surface area contributed by atoms with Crippen LogP contribution < -0.4 is 5.43 Å². The molecule has 9 nitrogen and oxygen atoms in total. The highest BCUT2D eigenvalue weighted by atomic mass is 16.6. The van der Waals surface area contributed by atoms with Crippen molar-refractivity contribution < 1.29 is 15.0 Å². The van der Waals surface area contributed by atoms with E-state index in [1.165, 1.54) is 12.1 Å². The molecule has 0 heterocycles. The summed E-state index contributed by atoms with van der Waals surface area (Å²) in [4.78, 5) is 20.2. The van der Waals surface area contributed by atoms with E-state index in [-0.39, 0.29) is 23.4 Å². The summed E-state index contributed by atoms with van der Waals surface area (Å²) in [5.41, 5.74) is 1.92. The quantitative estimate of drug-likeness (QED) is 0.488. The molecule has 0 amide bonds. The monoisotopic (exact) mass is 308 g/mol. The largest absolute Gasteiger partial charge is 0.393 e. The Labute approximate surface area is 125 Å². The number of aliphatic hydroxyl groups is 1. The fourth-order valence-corrected chi connectivity index (χ4v) is 2.34. The van der Waals surface area contributed by atoms with Gasteiger partial charge in [0.15, 0.2) is 0 Å². The van der Waals surface area contributed by atoms with Crippen molar-refractivity contribution in [2.45, 2.75) is 31.8 Å². The van der Waals surface area contributed by atoms with Crippen molar-refractivity contribution in [3.63, 3.8) is 0 Å². The number of benzene rings is 1. The summed E-state index contributed by atoms with van der Waals surface area (Å²) in [6.07, 6.45) is 4.47. The second-order valence-electron chi connectivity index (χ2n) is 5.17. The third-order valence-electron chi connectivity index (χ3n) is 3.60. The number of nitrogens with zero attached hydrogens (tertiary/aromatic N) is 3. The molecule has 0 bridgehead atoms. The van der Waals surface area contributed by atoms with Crippen molar-refractivity contribution in [2.24, 2.45) is 11.0 Å². The lowest BCUT2D eigenvalue weighted by Gasteiger charge is -2.21. The fourth-order valence-electron chi connectivity index (χ4n) is 2.34. The molecule has 1 fully saturated rings. The van der Waals surface area contributed by atoms with Gasteiger partial charge in [0.05, 0.1) is 22.0 Å². The fraction of sp³-hybridized carbons (Fsp3) is 0.462. The topological polar surface area (TPSA) is 131 Å². The van der Waals surface area contributed by atoms with Crippen LogP contribution in [-0.4, -0.2) is 27.3 Å². The molecule has 0 aliphatic heterocycles. The molecule has 0 unspecified atom stereocenters. The van der Waals surface area contributed by atoms with E-state index < -0.39 is 15.5 Å². The van der Waals surface area contributed by atoms with Crippen LogP contribution in [0.5, 0.6) is 0 Å². The van der Waals surface area contributed by atoms with Crippen LogP contribution in [0.15, 0.2) is 23.3 Å². The first-order valence-corrected chi connectivity index (χ1v) is 6.87. The molecule has 2 N–H and O–H groups in total. The van der Waals surface area contributed by atoms with Crippen molar-refractivity contribution in [3.8, 4) is 0 Å². The van der Waals surface area contributed by atoms with Crippen LogP contribution in [0.3, 0.4) is 0 Å². The molecule has 2 rings (SSSR count). The molecular formula is C13H16N4O5. The van der Waals surface area contributed by atoms with Gasteiger partial charge in [-0.1, -0.05) is 0 Å². The minimum Gasteiger partial charge on any atom is -0.393 e. The van der Waals surface area contributed by atoms with Crippen LogP contribution in [-0.2, 0) is 0 Å². The number of nitro groups is 2. The number of hydrazone groups is 1. The van der Waals surface area contributed by atoms with Gasteiger partial charge in [-0.05, 0) is 37.7 Å². The van der Waals surface area contributed by atoms with E-state index >= 15 is 0 Å². The predicted octanol–water partition coefficient (Wildman–Crippen LogP) is 2.45. The van der Waals surface area contributed by atoms with Crippen molar-refractivity contribution >= 4 is 23.3 Å². The van der Waals surface area contributed by atoms with E-state index in [0.717, 1.165) is 18.9 Å². The Kier molecular flexibility index (Phi) is 4.99. The number of aliphatic hydroxyl groups excluding tert-OH is 1. The molecule has 0 radical (unpaired) electrons. The molecule has 1 aliphatic rings. The summed E-state index contributed by atoms with van der Waals surface area (Å²) in [6, 6.07) is 3.34. The molecule has 1 aromatic rings. The summed E-state index contributed by atoms with van der Waals surface area (Å²) in [7, 11) is 0. The van der Waals surface area contributed by atoms with Crippen LogP contribution >= 0.6 is 0 Å². The van der Waals surface area contributed by atoms with Gasteiger partial charge >= 0.3 is 5.69 Å². The number of nitrogens with one attached hydrogen (secondary N) is 1. The summed E-state index contributed by atoms with van der Waals surface area (Å²) in [6.45, 7) is 0. The summed E-state index contributed by atoms with van der Waals surface area (Å²) >= 11 is 0. The summed E-state index contributed by atoms with van der Waals surface area (Å²) < 4.78 is 0. The zero-order chi connectivity index (χ0) is 16.1. The standard InChI is InChI=1S/C13H16N4O5/c18-11-4-1-9(2-5-11)8-14-15-12-6-3-10(16(19)20)7-13(12)17(21)22/h3,6-9,11,15,18H,1-2,4-5H2/b14-8+. The molecule has 0 aromatic heterocycles.